The average Bonchev–Trinajstić information content (AvgIpc) is 2.47. The molecule has 1 unspecified atom stereocenters. The molecular weight excluding hydrogens is 248 g/mol. The molecule has 1 aromatic heterocycles. The maximum Gasteiger partial charge on any atom is 0.220 e. The molecule has 3 rings (SSSR count). The molecule has 1 aliphatic heterocycles. The Morgan fingerprint density at radius 2 is 2.25 bits per heavy atom. The van der Waals surface area contributed by atoms with E-state index in [1.54, 1.807) is 6.20 Å². The molecule has 20 heavy (non-hydrogen) atoms. The lowest BCUT2D eigenvalue weighted by Gasteiger charge is -2.37. The quantitative estimate of drug-likeness (QED) is 0.896. The Morgan fingerprint density at radius 3 is 2.95 bits per heavy atom. The lowest BCUT2D eigenvalue weighted by Crippen LogP contribution is -2.47. The van der Waals surface area contributed by atoms with Crippen LogP contribution in [0.4, 0.5) is 0 Å². The Bertz CT molecular complexity index is 572. The van der Waals surface area contributed by atoms with E-state index < -0.39 is 0 Å². The highest BCUT2D eigenvalue weighted by Crippen LogP contribution is 2.36. The first-order valence-corrected chi connectivity index (χ1v) is 7.28. The second kappa shape index (κ2) is 5.23. The van der Waals surface area contributed by atoms with Gasteiger partial charge in [-0.15, -0.1) is 0 Å². The second-order valence-corrected chi connectivity index (χ2v) is 5.91. The van der Waals surface area contributed by atoms with Gasteiger partial charge in [0.25, 0.3) is 0 Å². The van der Waals surface area contributed by atoms with E-state index in [0.29, 0.717) is 18.3 Å². The van der Waals surface area contributed by atoms with Crippen molar-refractivity contribution in [3.63, 3.8) is 0 Å². The smallest absolute Gasteiger partial charge is 0.220 e. The predicted octanol–water partition coefficient (Wildman–Crippen LogP) is 2.96. The van der Waals surface area contributed by atoms with E-state index in [1.165, 1.54) is 11.1 Å². The van der Waals surface area contributed by atoms with Gasteiger partial charge >= 0.3 is 0 Å². The van der Waals surface area contributed by atoms with Crippen molar-refractivity contribution in [2.24, 2.45) is 11.8 Å². The standard InChI is InChI=1S/C17H20N2O/c1-11(2)15-9-14(13-4-3-7-18-10-13)8-12-5-6-16(20)19-17(12)15/h3-4,7-12,17H,5-6H2,1-2H3,(H,19,20)/t12?,17-/m0/s1. The van der Waals surface area contributed by atoms with Crippen LogP contribution in [0.15, 0.2) is 42.3 Å². The summed E-state index contributed by atoms with van der Waals surface area (Å²) in [6.45, 7) is 4.38. The number of hydrogen-bond donors (Lipinski definition) is 1. The minimum absolute atomic E-state index is 0.177. The van der Waals surface area contributed by atoms with Gasteiger partial charge in [-0.1, -0.05) is 32.1 Å². The number of rotatable bonds is 2. The van der Waals surface area contributed by atoms with Crippen LogP contribution in [0.5, 0.6) is 0 Å². The summed E-state index contributed by atoms with van der Waals surface area (Å²) in [7, 11) is 0. The van der Waals surface area contributed by atoms with Crippen molar-refractivity contribution in [1.29, 1.82) is 0 Å². The fraction of sp³-hybridized carbons (Fsp3) is 0.412. The fourth-order valence-electron chi connectivity index (χ4n) is 3.11. The Morgan fingerprint density at radius 1 is 1.40 bits per heavy atom. The number of hydrogen-bond acceptors (Lipinski definition) is 2. The average molecular weight is 268 g/mol. The zero-order chi connectivity index (χ0) is 14.1. The molecule has 1 aromatic rings. The van der Waals surface area contributed by atoms with Crippen LogP contribution in [-0.4, -0.2) is 16.9 Å². The summed E-state index contributed by atoms with van der Waals surface area (Å²) in [4.78, 5) is 15.9. The van der Waals surface area contributed by atoms with E-state index in [1.807, 2.05) is 12.3 Å². The van der Waals surface area contributed by atoms with Gasteiger partial charge in [-0.3, -0.25) is 9.78 Å². The molecule has 0 spiro atoms. The fourth-order valence-corrected chi connectivity index (χ4v) is 3.11. The Labute approximate surface area is 119 Å². The Kier molecular flexibility index (Phi) is 3.43. The van der Waals surface area contributed by atoms with Crippen LogP contribution in [0.3, 0.4) is 0 Å². The molecule has 1 saturated heterocycles. The summed E-state index contributed by atoms with van der Waals surface area (Å²) in [5.74, 6) is 1.02. The maximum absolute atomic E-state index is 11.7. The third kappa shape index (κ3) is 2.40. The monoisotopic (exact) mass is 268 g/mol. The van der Waals surface area contributed by atoms with Crippen LogP contribution in [0, 0.1) is 11.8 Å². The van der Waals surface area contributed by atoms with Gasteiger partial charge in [0, 0.05) is 24.7 Å². The first-order chi connectivity index (χ1) is 9.65. The third-order valence-corrected chi connectivity index (χ3v) is 4.19. The van der Waals surface area contributed by atoms with Crippen molar-refractivity contribution in [2.45, 2.75) is 32.7 Å². The van der Waals surface area contributed by atoms with E-state index in [-0.39, 0.29) is 11.9 Å². The number of carbonyl (C=O) groups excluding carboxylic acids is 1. The normalized spacial score (nSPS) is 25.6. The molecular formula is C17H20N2O. The molecule has 104 valence electrons. The first-order valence-electron chi connectivity index (χ1n) is 7.28. The van der Waals surface area contributed by atoms with Gasteiger partial charge in [0.05, 0.1) is 6.04 Å². The highest BCUT2D eigenvalue weighted by molar-refractivity contribution is 5.81. The van der Waals surface area contributed by atoms with E-state index >= 15 is 0 Å². The summed E-state index contributed by atoms with van der Waals surface area (Å²) < 4.78 is 0. The largest absolute Gasteiger partial charge is 0.349 e. The first kappa shape index (κ1) is 13.1. The van der Waals surface area contributed by atoms with E-state index in [4.69, 9.17) is 0 Å². The van der Waals surface area contributed by atoms with Crippen LogP contribution in [0.1, 0.15) is 32.3 Å². The molecule has 3 heteroatoms. The summed E-state index contributed by atoms with van der Waals surface area (Å²) in [6.07, 6.45) is 9.79. The molecule has 1 amide bonds. The van der Waals surface area contributed by atoms with Crippen LogP contribution in [0.2, 0.25) is 0 Å². The Hall–Kier alpha value is -1.90. The van der Waals surface area contributed by atoms with Gasteiger partial charge in [0.1, 0.15) is 0 Å². The zero-order valence-corrected chi connectivity index (χ0v) is 12.0. The van der Waals surface area contributed by atoms with Gasteiger partial charge in [0.15, 0.2) is 0 Å². The number of aromatic nitrogens is 1. The third-order valence-electron chi connectivity index (χ3n) is 4.19. The highest BCUT2D eigenvalue weighted by atomic mass is 16.1. The van der Waals surface area contributed by atoms with E-state index in [9.17, 15) is 4.79 Å². The second-order valence-electron chi connectivity index (χ2n) is 5.91. The molecule has 2 heterocycles. The van der Waals surface area contributed by atoms with Gasteiger partial charge in [0.2, 0.25) is 5.91 Å². The summed E-state index contributed by atoms with van der Waals surface area (Å²) in [5, 5.41) is 3.15. The summed E-state index contributed by atoms with van der Waals surface area (Å²) in [6, 6.07) is 4.24. The molecule has 2 atom stereocenters. The number of carbonyl (C=O) groups is 1. The van der Waals surface area contributed by atoms with Crippen LogP contribution in [0.25, 0.3) is 5.57 Å². The highest BCUT2D eigenvalue weighted by Gasteiger charge is 2.33. The number of piperidine rings is 1. The molecule has 0 bridgehead atoms. The molecule has 0 aromatic carbocycles. The van der Waals surface area contributed by atoms with Crippen LogP contribution >= 0.6 is 0 Å². The molecule has 2 aliphatic rings. The molecule has 1 N–H and O–H groups in total. The zero-order valence-electron chi connectivity index (χ0n) is 12.0. The number of nitrogens with zero attached hydrogens (tertiary/aromatic N) is 1. The number of nitrogens with one attached hydrogen (secondary N) is 1. The van der Waals surface area contributed by atoms with Gasteiger partial charge < -0.3 is 5.32 Å². The molecule has 0 saturated carbocycles. The Balaban J connectivity index is 1.99. The number of fused-ring (bicyclic) bond motifs is 1. The van der Waals surface area contributed by atoms with Gasteiger partial charge in [-0.2, -0.15) is 0 Å². The van der Waals surface area contributed by atoms with Crippen molar-refractivity contribution in [1.82, 2.24) is 10.3 Å². The lowest BCUT2D eigenvalue weighted by atomic mass is 9.76. The molecule has 3 nitrogen and oxygen atoms in total. The molecule has 0 radical (unpaired) electrons. The molecule has 1 fully saturated rings. The van der Waals surface area contributed by atoms with Crippen molar-refractivity contribution in [3.05, 3.63) is 47.8 Å². The minimum Gasteiger partial charge on any atom is -0.349 e. The van der Waals surface area contributed by atoms with Crippen LogP contribution in [-0.2, 0) is 4.79 Å². The van der Waals surface area contributed by atoms with E-state index in [0.717, 1.165) is 12.0 Å². The van der Waals surface area contributed by atoms with Gasteiger partial charge in [-0.25, -0.2) is 0 Å². The van der Waals surface area contributed by atoms with E-state index in [2.05, 4.69) is 42.4 Å². The summed E-state index contributed by atoms with van der Waals surface area (Å²) in [5.41, 5.74) is 3.71. The van der Waals surface area contributed by atoms with Crippen molar-refractivity contribution in [2.75, 3.05) is 0 Å². The van der Waals surface area contributed by atoms with Crippen molar-refractivity contribution < 1.29 is 4.79 Å². The number of amides is 1. The van der Waals surface area contributed by atoms with Crippen molar-refractivity contribution >= 4 is 11.5 Å². The van der Waals surface area contributed by atoms with Crippen molar-refractivity contribution in [3.8, 4) is 0 Å². The number of pyridine rings is 1. The topological polar surface area (TPSA) is 42.0 Å². The lowest BCUT2D eigenvalue weighted by molar-refractivity contribution is -0.123. The van der Waals surface area contributed by atoms with Crippen LogP contribution < -0.4 is 5.32 Å². The van der Waals surface area contributed by atoms with Gasteiger partial charge in [-0.05, 0) is 35.1 Å². The summed E-state index contributed by atoms with van der Waals surface area (Å²) >= 11 is 0. The minimum atomic E-state index is 0.177. The molecule has 1 aliphatic carbocycles. The number of allylic oxidation sites excluding steroid dienone is 2. The predicted molar refractivity (Wildman–Crippen MR) is 79.8 cm³/mol. The maximum atomic E-state index is 11.7. The SMILES string of the molecule is CC(C)C1=CC(c2cccnc2)=CC2CCC(=O)N[C@H]12.